The number of hydrogen-bond donors (Lipinski definition) is 0. The number of allylic oxidation sites excluding steroid dienone is 6. The highest BCUT2D eigenvalue weighted by Gasteiger charge is 1.52. The van der Waals surface area contributed by atoms with Gasteiger partial charge in [-0.05, 0) is 40.5 Å². The molecule has 0 heteroatoms. The minimum atomic E-state index is 1.16. The fraction of sp³-hybridized carbons (Fsp3) is 0.571. The van der Waals surface area contributed by atoms with Crippen molar-refractivity contribution in [3.05, 3.63) is 36.5 Å². The van der Waals surface area contributed by atoms with Gasteiger partial charge in [-0.3, -0.25) is 0 Å². The number of rotatable bonds is 2. The van der Waals surface area contributed by atoms with E-state index in [4.69, 9.17) is 0 Å². The molecule has 0 aliphatic rings. The molecule has 0 saturated carbocycles. The Morgan fingerprint density at radius 3 is 0.857 bits per heavy atom. The van der Waals surface area contributed by atoms with Crippen LogP contribution in [0.4, 0.5) is 0 Å². The minimum Gasteiger partial charge on any atom is -0.0919 e. The van der Waals surface area contributed by atoms with E-state index in [1.54, 1.807) is 0 Å². The Balaban J connectivity index is -0.000000131. The van der Waals surface area contributed by atoms with Crippen LogP contribution in [-0.2, 0) is 0 Å². The van der Waals surface area contributed by atoms with Crippen molar-refractivity contribution in [1.29, 1.82) is 0 Å². The van der Waals surface area contributed by atoms with Crippen molar-refractivity contribution in [3.8, 4) is 0 Å². The minimum absolute atomic E-state index is 1.16. The van der Waals surface area contributed by atoms with Crippen LogP contribution < -0.4 is 0 Å². The van der Waals surface area contributed by atoms with Gasteiger partial charge >= 0.3 is 0 Å². The molecular weight excluding hydrogens is 168 g/mol. The lowest BCUT2D eigenvalue weighted by molar-refractivity contribution is 1.22. The highest BCUT2D eigenvalue weighted by atomic mass is 13.6. The standard InChI is InChI=1S/2C5H10.C4H8/c2*1-3-5-4-2;1-3-4-2/h2*3,5H,4H2,1-2H3;3-4H,1-2H3. The smallest absolute Gasteiger partial charge is 0.0379 e. The van der Waals surface area contributed by atoms with E-state index in [9.17, 15) is 0 Å². The van der Waals surface area contributed by atoms with Gasteiger partial charge in [-0.2, -0.15) is 0 Å². The van der Waals surface area contributed by atoms with Crippen LogP contribution in [0.2, 0.25) is 0 Å². The Hall–Kier alpha value is -0.780. The maximum absolute atomic E-state index is 2.12. The van der Waals surface area contributed by atoms with E-state index in [1.807, 2.05) is 39.8 Å². The molecule has 0 amide bonds. The Morgan fingerprint density at radius 1 is 0.571 bits per heavy atom. The van der Waals surface area contributed by atoms with E-state index in [-0.39, 0.29) is 0 Å². The monoisotopic (exact) mass is 196 g/mol. The summed E-state index contributed by atoms with van der Waals surface area (Å²) in [6, 6.07) is 0. The molecule has 0 aromatic rings. The van der Waals surface area contributed by atoms with Gasteiger partial charge in [0.2, 0.25) is 0 Å². The van der Waals surface area contributed by atoms with Crippen LogP contribution in [-0.4, -0.2) is 0 Å². The topological polar surface area (TPSA) is 0 Å². The Kier molecular flexibility index (Phi) is 39.8. The third-order valence-corrected chi connectivity index (χ3v) is 1.28. The second-order valence-corrected chi connectivity index (χ2v) is 2.62. The summed E-state index contributed by atoms with van der Waals surface area (Å²) in [6.07, 6.45) is 14.7. The zero-order valence-corrected chi connectivity index (χ0v) is 10.9. The molecule has 0 heterocycles. The van der Waals surface area contributed by atoms with Crippen LogP contribution in [0.5, 0.6) is 0 Å². The average Bonchev–Trinajstić information content (AvgIpc) is 2.22. The molecule has 0 fully saturated rings. The van der Waals surface area contributed by atoms with Crippen molar-refractivity contribution in [2.24, 2.45) is 0 Å². The van der Waals surface area contributed by atoms with Crippen molar-refractivity contribution >= 4 is 0 Å². The number of hydrogen-bond acceptors (Lipinski definition) is 0. The van der Waals surface area contributed by atoms with Crippen LogP contribution in [0.15, 0.2) is 36.5 Å². The first kappa shape index (κ1) is 18.9. The molecule has 0 aromatic carbocycles. The molecule has 0 aromatic heterocycles. The van der Waals surface area contributed by atoms with Crippen molar-refractivity contribution in [3.63, 3.8) is 0 Å². The fourth-order valence-electron chi connectivity index (χ4n) is 0.471. The Bertz CT molecular complexity index is 111. The summed E-state index contributed by atoms with van der Waals surface area (Å²) in [6.45, 7) is 12.3. The van der Waals surface area contributed by atoms with Gasteiger partial charge in [0, 0.05) is 0 Å². The van der Waals surface area contributed by atoms with Crippen molar-refractivity contribution in [2.75, 3.05) is 0 Å². The largest absolute Gasteiger partial charge is 0.0919 e. The zero-order chi connectivity index (χ0) is 11.7. The first-order valence-electron chi connectivity index (χ1n) is 5.54. The molecular formula is C14H28. The van der Waals surface area contributed by atoms with E-state index >= 15 is 0 Å². The maximum Gasteiger partial charge on any atom is -0.0379 e. The average molecular weight is 196 g/mol. The molecule has 0 aliphatic carbocycles. The second kappa shape index (κ2) is 29.5. The van der Waals surface area contributed by atoms with Crippen molar-refractivity contribution < 1.29 is 0 Å². The molecule has 0 N–H and O–H groups in total. The van der Waals surface area contributed by atoms with E-state index in [0.717, 1.165) is 12.8 Å². The normalized spacial score (nSPS) is 9.86. The summed E-state index contributed by atoms with van der Waals surface area (Å²) in [7, 11) is 0. The van der Waals surface area contributed by atoms with E-state index in [0.29, 0.717) is 0 Å². The van der Waals surface area contributed by atoms with Gasteiger partial charge in [-0.1, -0.05) is 50.3 Å². The van der Waals surface area contributed by atoms with Gasteiger partial charge in [-0.15, -0.1) is 0 Å². The summed E-state index contributed by atoms with van der Waals surface area (Å²) in [5, 5.41) is 0. The summed E-state index contributed by atoms with van der Waals surface area (Å²) < 4.78 is 0. The van der Waals surface area contributed by atoms with Crippen LogP contribution in [0.1, 0.15) is 54.4 Å². The zero-order valence-electron chi connectivity index (χ0n) is 10.9. The second-order valence-electron chi connectivity index (χ2n) is 2.62. The summed E-state index contributed by atoms with van der Waals surface area (Å²) in [5.41, 5.74) is 0. The molecule has 0 bridgehead atoms. The molecule has 0 unspecified atom stereocenters. The Labute approximate surface area is 91.4 Å². The van der Waals surface area contributed by atoms with Crippen LogP contribution in [0.3, 0.4) is 0 Å². The van der Waals surface area contributed by atoms with E-state index in [1.165, 1.54) is 0 Å². The summed E-state index contributed by atoms with van der Waals surface area (Å²) in [5.74, 6) is 0. The highest BCUT2D eigenvalue weighted by molar-refractivity contribution is 4.73. The van der Waals surface area contributed by atoms with Gasteiger partial charge in [0.25, 0.3) is 0 Å². The fourth-order valence-corrected chi connectivity index (χ4v) is 0.471. The molecule has 0 spiro atoms. The summed E-state index contributed by atoms with van der Waals surface area (Å²) >= 11 is 0. The van der Waals surface area contributed by atoms with Gasteiger partial charge in [0.15, 0.2) is 0 Å². The first-order chi connectivity index (χ1) is 6.74. The molecule has 0 atom stereocenters. The van der Waals surface area contributed by atoms with Crippen molar-refractivity contribution in [2.45, 2.75) is 54.4 Å². The van der Waals surface area contributed by atoms with Crippen LogP contribution >= 0.6 is 0 Å². The van der Waals surface area contributed by atoms with E-state index < -0.39 is 0 Å². The van der Waals surface area contributed by atoms with Gasteiger partial charge in [0.1, 0.15) is 0 Å². The first-order valence-corrected chi connectivity index (χ1v) is 5.54. The molecule has 0 radical (unpaired) electrons. The molecule has 0 aliphatic heterocycles. The van der Waals surface area contributed by atoms with Crippen LogP contribution in [0, 0.1) is 0 Å². The van der Waals surface area contributed by atoms with Crippen molar-refractivity contribution in [1.82, 2.24) is 0 Å². The van der Waals surface area contributed by atoms with E-state index in [2.05, 4.69) is 38.2 Å². The third kappa shape index (κ3) is 65.8. The van der Waals surface area contributed by atoms with Gasteiger partial charge < -0.3 is 0 Å². The van der Waals surface area contributed by atoms with Crippen LogP contribution in [0.25, 0.3) is 0 Å². The van der Waals surface area contributed by atoms with Gasteiger partial charge in [0.05, 0.1) is 0 Å². The lowest BCUT2D eigenvalue weighted by Crippen LogP contribution is -1.43. The Morgan fingerprint density at radius 2 is 0.857 bits per heavy atom. The molecule has 0 saturated heterocycles. The third-order valence-electron chi connectivity index (χ3n) is 1.28. The SMILES string of the molecule is CC=CC.CC=CCC.CC=CCC. The lowest BCUT2D eigenvalue weighted by Gasteiger charge is -1.65. The lowest BCUT2D eigenvalue weighted by atomic mass is 10.4. The maximum atomic E-state index is 2.12. The quantitative estimate of drug-likeness (QED) is 0.510. The van der Waals surface area contributed by atoms with Gasteiger partial charge in [-0.25, -0.2) is 0 Å². The molecule has 0 nitrogen and oxygen atoms in total. The predicted molar refractivity (Wildman–Crippen MR) is 70.7 cm³/mol. The summed E-state index contributed by atoms with van der Waals surface area (Å²) in [4.78, 5) is 0. The molecule has 0 rings (SSSR count). The molecule has 84 valence electrons. The predicted octanol–water partition coefficient (Wildman–Crippen LogP) is 5.53. The molecule has 14 heavy (non-hydrogen) atoms. The highest BCUT2D eigenvalue weighted by Crippen LogP contribution is 1.74.